The number of hydrogen-bond acceptors (Lipinski definition) is 5. The van der Waals surface area contributed by atoms with Crippen LogP contribution in [-0.4, -0.2) is 33.9 Å². The van der Waals surface area contributed by atoms with Crippen LogP contribution in [0, 0.1) is 12.7 Å². The molecule has 7 nitrogen and oxygen atoms in total. The molecule has 3 aromatic carbocycles. The van der Waals surface area contributed by atoms with Crippen molar-refractivity contribution in [1.29, 1.82) is 0 Å². The third-order valence-electron chi connectivity index (χ3n) is 4.58. The van der Waals surface area contributed by atoms with Gasteiger partial charge in [0.2, 0.25) is 5.91 Å². The first-order chi connectivity index (χ1) is 15.2. The highest BCUT2D eigenvalue weighted by molar-refractivity contribution is 7.92. The van der Waals surface area contributed by atoms with E-state index in [1.165, 1.54) is 43.5 Å². The van der Waals surface area contributed by atoms with Gasteiger partial charge in [-0.15, -0.1) is 0 Å². The molecule has 0 radical (unpaired) electrons. The van der Waals surface area contributed by atoms with Gasteiger partial charge >= 0.3 is 5.97 Å². The molecule has 0 fully saturated rings. The number of amides is 1. The summed E-state index contributed by atoms with van der Waals surface area (Å²) in [5.41, 5.74) is 1.53. The average molecular weight is 456 g/mol. The maximum Gasteiger partial charge on any atom is 0.337 e. The number of carbonyl (C=O) groups is 2. The van der Waals surface area contributed by atoms with Gasteiger partial charge < -0.3 is 10.1 Å². The van der Waals surface area contributed by atoms with Crippen molar-refractivity contribution < 1.29 is 27.1 Å². The van der Waals surface area contributed by atoms with Crippen molar-refractivity contribution in [3.8, 4) is 0 Å². The van der Waals surface area contributed by atoms with Gasteiger partial charge in [0.15, 0.2) is 0 Å². The Morgan fingerprint density at radius 2 is 1.66 bits per heavy atom. The van der Waals surface area contributed by atoms with Crippen molar-refractivity contribution in [1.82, 2.24) is 0 Å². The Balaban J connectivity index is 1.91. The van der Waals surface area contributed by atoms with Crippen molar-refractivity contribution in [3.05, 3.63) is 89.7 Å². The Morgan fingerprint density at radius 1 is 1.00 bits per heavy atom. The summed E-state index contributed by atoms with van der Waals surface area (Å²) in [5, 5.41) is 2.58. The highest BCUT2D eigenvalue weighted by Gasteiger charge is 2.27. The molecule has 0 unspecified atom stereocenters. The summed E-state index contributed by atoms with van der Waals surface area (Å²) < 4.78 is 45.6. The Bertz CT molecular complexity index is 1230. The zero-order valence-corrected chi connectivity index (χ0v) is 18.2. The number of hydrogen-bond donors (Lipinski definition) is 1. The van der Waals surface area contributed by atoms with Crippen LogP contribution >= 0.6 is 0 Å². The van der Waals surface area contributed by atoms with Crippen molar-refractivity contribution in [2.24, 2.45) is 0 Å². The lowest BCUT2D eigenvalue weighted by Crippen LogP contribution is -2.38. The van der Waals surface area contributed by atoms with Gasteiger partial charge in [0.1, 0.15) is 12.4 Å². The number of rotatable bonds is 7. The number of sulfonamides is 1. The molecule has 3 aromatic rings. The van der Waals surface area contributed by atoms with Crippen LogP contribution in [0.4, 0.5) is 15.8 Å². The lowest BCUT2D eigenvalue weighted by atomic mass is 10.2. The number of halogens is 1. The molecule has 0 spiro atoms. The molecule has 0 saturated carbocycles. The molecule has 0 aromatic heterocycles. The standard InChI is InChI=1S/C23H21FN2O5S/c1-16-6-12-21(13-7-16)32(29,30)26(20-10-8-18(24)9-11-20)15-22(27)25-19-5-3-4-17(14-19)23(28)31-2/h3-14H,15H2,1-2H3,(H,25,27). The highest BCUT2D eigenvalue weighted by Crippen LogP contribution is 2.24. The maximum atomic E-state index is 13.4. The Kier molecular flexibility index (Phi) is 6.89. The molecule has 0 atom stereocenters. The topological polar surface area (TPSA) is 92.8 Å². The quantitative estimate of drug-likeness (QED) is 0.547. The summed E-state index contributed by atoms with van der Waals surface area (Å²) in [6, 6.07) is 17.0. The molecule has 1 amide bonds. The molecule has 0 bridgehead atoms. The zero-order valence-electron chi connectivity index (χ0n) is 17.4. The third kappa shape index (κ3) is 5.30. The van der Waals surface area contributed by atoms with Crippen LogP contribution in [-0.2, 0) is 19.6 Å². The lowest BCUT2D eigenvalue weighted by molar-refractivity contribution is -0.114. The van der Waals surface area contributed by atoms with Gasteiger partial charge in [-0.2, -0.15) is 0 Å². The molecule has 0 aliphatic rings. The summed E-state index contributed by atoms with van der Waals surface area (Å²) in [4.78, 5) is 24.4. The number of anilines is 2. The number of carbonyl (C=O) groups excluding carboxylic acids is 2. The molecule has 32 heavy (non-hydrogen) atoms. The molecule has 9 heteroatoms. The maximum absolute atomic E-state index is 13.4. The van der Waals surface area contributed by atoms with Gasteiger partial charge in [-0.05, 0) is 61.5 Å². The van der Waals surface area contributed by atoms with Gasteiger partial charge in [0.25, 0.3) is 10.0 Å². The first kappa shape index (κ1) is 23.0. The summed E-state index contributed by atoms with van der Waals surface area (Å²) in [6.45, 7) is 1.26. The molecule has 0 aliphatic heterocycles. The van der Waals surface area contributed by atoms with E-state index in [0.717, 1.165) is 22.0 Å². The van der Waals surface area contributed by atoms with Crippen LogP contribution in [0.3, 0.4) is 0 Å². The van der Waals surface area contributed by atoms with Crippen molar-refractivity contribution in [2.45, 2.75) is 11.8 Å². The smallest absolute Gasteiger partial charge is 0.337 e. The van der Waals surface area contributed by atoms with Crippen molar-refractivity contribution in [3.63, 3.8) is 0 Å². The van der Waals surface area contributed by atoms with Crippen LogP contribution in [0.25, 0.3) is 0 Å². The largest absolute Gasteiger partial charge is 0.465 e. The minimum Gasteiger partial charge on any atom is -0.465 e. The van der Waals surface area contributed by atoms with E-state index >= 15 is 0 Å². The fourth-order valence-corrected chi connectivity index (χ4v) is 4.35. The Hall–Kier alpha value is -3.72. The van der Waals surface area contributed by atoms with E-state index in [1.807, 2.05) is 6.92 Å². The second-order valence-electron chi connectivity index (χ2n) is 6.92. The predicted octanol–water partition coefficient (Wildman–Crippen LogP) is 3.75. The van der Waals surface area contributed by atoms with Gasteiger partial charge in [-0.3, -0.25) is 9.10 Å². The first-order valence-corrected chi connectivity index (χ1v) is 11.0. The minimum absolute atomic E-state index is 0.00656. The lowest BCUT2D eigenvalue weighted by Gasteiger charge is -2.24. The van der Waals surface area contributed by atoms with Crippen LogP contribution < -0.4 is 9.62 Å². The highest BCUT2D eigenvalue weighted by atomic mass is 32.2. The Morgan fingerprint density at radius 3 is 2.28 bits per heavy atom. The molecule has 0 aliphatic carbocycles. The summed E-state index contributed by atoms with van der Waals surface area (Å²) >= 11 is 0. The number of nitrogens with zero attached hydrogens (tertiary/aromatic N) is 1. The Labute approximate surface area is 185 Å². The van der Waals surface area contributed by atoms with Crippen LogP contribution in [0.2, 0.25) is 0 Å². The van der Waals surface area contributed by atoms with E-state index in [4.69, 9.17) is 0 Å². The molecular formula is C23H21FN2O5S. The average Bonchev–Trinajstić information content (AvgIpc) is 2.78. The second-order valence-corrected chi connectivity index (χ2v) is 8.78. The first-order valence-electron chi connectivity index (χ1n) is 9.54. The SMILES string of the molecule is COC(=O)c1cccc(NC(=O)CN(c2ccc(F)cc2)S(=O)(=O)c2ccc(C)cc2)c1. The number of nitrogens with one attached hydrogen (secondary N) is 1. The molecule has 3 rings (SSSR count). The molecule has 0 saturated heterocycles. The van der Waals surface area contributed by atoms with Gasteiger partial charge in [0.05, 0.1) is 23.3 Å². The fraction of sp³-hybridized carbons (Fsp3) is 0.130. The van der Waals surface area contributed by atoms with E-state index in [-0.39, 0.29) is 16.1 Å². The molecular weight excluding hydrogens is 435 g/mol. The second kappa shape index (κ2) is 9.61. The molecule has 0 heterocycles. The summed E-state index contributed by atoms with van der Waals surface area (Å²) in [7, 11) is -2.88. The number of ether oxygens (including phenoxy) is 1. The van der Waals surface area contributed by atoms with Gasteiger partial charge in [-0.25, -0.2) is 17.6 Å². The fourth-order valence-electron chi connectivity index (χ4n) is 2.93. The number of aryl methyl sites for hydroxylation is 1. The van der Waals surface area contributed by atoms with Crippen LogP contribution in [0.5, 0.6) is 0 Å². The third-order valence-corrected chi connectivity index (χ3v) is 6.37. The minimum atomic E-state index is -4.12. The number of benzene rings is 3. The van der Waals surface area contributed by atoms with Crippen molar-refractivity contribution in [2.75, 3.05) is 23.3 Å². The van der Waals surface area contributed by atoms with E-state index < -0.39 is 34.3 Å². The van der Waals surface area contributed by atoms with Crippen LogP contribution in [0.1, 0.15) is 15.9 Å². The number of esters is 1. The number of methoxy groups -OCH3 is 1. The van der Waals surface area contributed by atoms with E-state index in [0.29, 0.717) is 5.69 Å². The van der Waals surface area contributed by atoms with E-state index in [1.54, 1.807) is 24.3 Å². The van der Waals surface area contributed by atoms with Crippen molar-refractivity contribution >= 4 is 33.3 Å². The van der Waals surface area contributed by atoms with E-state index in [2.05, 4.69) is 10.1 Å². The van der Waals surface area contributed by atoms with Crippen LogP contribution in [0.15, 0.2) is 77.7 Å². The molecule has 1 N–H and O–H groups in total. The predicted molar refractivity (Wildman–Crippen MR) is 119 cm³/mol. The zero-order chi connectivity index (χ0) is 23.3. The summed E-state index contributed by atoms with van der Waals surface area (Å²) in [6.07, 6.45) is 0. The van der Waals surface area contributed by atoms with Gasteiger partial charge in [0, 0.05) is 5.69 Å². The van der Waals surface area contributed by atoms with Gasteiger partial charge in [-0.1, -0.05) is 23.8 Å². The summed E-state index contributed by atoms with van der Waals surface area (Å²) in [5.74, 6) is -1.76. The van der Waals surface area contributed by atoms with E-state index in [9.17, 15) is 22.4 Å². The normalized spacial score (nSPS) is 11.0. The monoisotopic (exact) mass is 456 g/mol. The molecule has 166 valence electrons.